The van der Waals surface area contributed by atoms with Crippen molar-refractivity contribution in [3.05, 3.63) is 0 Å². The number of ether oxygens (including phenoxy) is 1. The van der Waals surface area contributed by atoms with Crippen LogP contribution < -0.4 is 5.73 Å². The van der Waals surface area contributed by atoms with Gasteiger partial charge in [0.15, 0.2) is 0 Å². The van der Waals surface area contributed by atoms with Crippen LogP contribution in [0.1, 0.15) is 59.8 Å². The van der Waals surface area contributed by atoms with Gasteiger partial charge in [-0.1, -0.05) is 26.2 Å². The third kappa shape index (κ3) is 2.97. The molecule has 1 aliphatic rings. The second-order valence-electron chi connectivity index (χ2n) is 5.89. The Bertz CT molecular complexity index is 257. The van der Waals surface area contributed by atoms with E-state index in [0.29, 0.717) is 0 Å². The molecule has 0 heterocycles. The van der Waals surface area contributed by atoms with Crippen molar-refractivity contribution in [1.82, 2.24) is 0 Å². The Hall–Kier alpha value is -0.570. The Morgan fingerprint density at radius 3 is 2.56 bits per heavy atom. The lowest BCUT2D eigenvalue weighted by Gasteiger charge is -2.40. The average Bonchev–Trinajstić information content (AvgIpc) is 2.16. The van der Waals surface area contributed by atoms with Crippen molar-refractivity contribution in [2.24, 2.45) is 11.7 Å². The lowest BCUT2D eigenvalue weighted by atomic mass is 9.72. The summed E-state index contributed by atoms with van der Waals surface area (Å²) in [6.07, 6.45) is 4.98. The quantitative estimate of drug-likeness (QED) is 0.738. The Morgan fingerprint density at radius 2 is 2.06 bits per heavy atom. The first-order valence-corrected chi connectivity index (χ1v) is 6.32. The highest BCUT2D eigenvalue weighted by Crippen LogP contribution is 2.35. The minimum absolute atomic E-state index is 0.216. The predicted molar refractivity (Wildman–Crippen MR) is 65.0 cm³/mol. The average molecular weight is 227 g/mol. The minimum atomic E-state index is -0.750. The van der Waals surface area contributed by atoms with E-state index in [9.17, 15) is 4.79 Å². The maximum Gasteiger partial charge on any atom is 0.326 e. The third-order valence-corrected chi connectivity index (χ3v) is 3.39. The van der Waals surface area contributed by atoms with E-state index in [1.807, 2.05) is 20.8 Å². The molecule has 0 aromatic carbocycles. The SMILES string of the molecule is CC[C@H]1CCCC[C@@]1(N)C(=O)OC(C)(C)C. The van der Waals surface area contributed by atoms with Gasteiger partial charge >= 0.3 is 5.97 Å². The maximum atomic E-state index is 12.2. The number of rotatable bonds is 2. The van der Waals surface area contributed by atoms with Crippen molar-refractivity contribution < 1.29 is 9.53 Å². The largest absolute Gasteiger partial charge is 0.459 e. The molecule has 3 nitrogen and oxygen atoms in total. The zero-order valence-corrected chi connectivity index (χ0v) is 11.0. The molecule has 1 fully saturated rings. The number of hydrogen-bond donors (Lipinski definition) is 1. The molecule has 0 amide bonds. The van der Waals surface area contributed by atoms with E-state index in [-0.39, 0.29) is 11.9 Å². The highest BCUT2D eigenvalue weighted by molar-refractivity contribution is 5.81. The van der Waals surface area contributed by atoms with E-state index in [0.717, 1.165) is 25.7 Å². The molecule has 1 aliphatic carbocycles. The first-order chi connectivity index (χ1) is 7.29. The number of carbonyl (C=O) groups excluding carboxylic acids is 1. The maximum absolute atomic E-state index is 12.2. The Kier molecular flexibility index (Phi) is 4.00. The second kappa shape index (κ2) is 4.74. The molecule has 0 saturated heterocycles. The Balaban J connectivity index is 2.77. The lowest BCUT2D eigenvalue weighted by molar-refractivity contribution is -0.165. The van der Waals surface area contributed by atoms with Gasteiger partial charge in [0, 0.05) is 0 Å². The molecule has 0 radical (unpaired) electrons. The van der Waals surface area contributed by atoms with E-state index >= 15 is 0 Å². The number of esters is 1. The fourth-order valence-electron chi connectivity index (χ4n) is 2.48. The van der Waals surface area contributed by atoms with E-state index in [1.54, 1.807) is 0 Å². The van der Waals surface area contributed by atoms with Gasteiger partial charge in [-0.2, -0.15) is 0 Å². The van der Waals surface area contributed by atoms with Crippen LogP contribution in [0.5, 0.6) is 0 Å². The van der Waals surface area contributed by atoms with Crippen molar-refractivity contribution >= 4 is 5.97 Å². The molecule has 94 valence electrons. The molecular formula is C13H25NO2. The van der Waals surface area contributed by atoms with Crippen LogP contribution in [-0.4, -0.2) is 17.1 Å². The predicted octanol–water partition coefficient (Wildman–Crippen LogP) is 2.63. The molecule has 0 bridgehead atoms. The van der Waals surface area contributed by atoms with E-state index in [2.05, 4.69) is 6.92 Å². The fourth-order valence-corrected chi connectivity index (χ4v) is 2.48. The van der Waals surface area contributed by atoms with Crippen LogP contribution in [0.3, 0.4) is 0 Å². The summed E-state index contributed by atoms with van der Waals surface area (Å²) < 4.78 is 5.45. The highest BCUT2D eigenvalue weighted by Gasteiger charge is 2.45. The van der Waals surface area contributed by atoms with Gasteiger partial charge in [0.1, 0.15) is 11.1 Å². The number of hydrogen-bond acceptors (Lipinski definition) is 3. The minimum Gasteiger partial charge on any atom is -0.459 e. The van der Waals surface area contributed by atoms with Crippen LogP contribution in [0.2, 0.25) is 0 Å². The summed E-state index contributed by atoms with van der Waals surface area (Å²) in [5, 5.41) is 0. The van der Waals surface area contributed by atoms with Gasteiger partial charge in [0.25, 0.3) is 0 Å². The van der Waals surface area contributed by atoms with Gasteiger partial charge in [-0.05, 0) is 39.5 Å². The van der Waals surface area contributed by atoms with Gasteiger partial charge in [-0.15, -0.1) is 0 Å². The van der Waals surface area contributed by atoms with Crippen molar-refractivity contribution in [2.75, 3.05) is 0 Å². The molecule has 1 rings (SSSR count). The van der Waals surface area contributed by atoms with E-state index in [4.69, 9.17) is 10.5 Å². The zero-order chi connectivity index (χ0) is 12.4. The molecule has 3 heteroatoms. The molecule has 2 N–H and O–H groups in total. The van der Waals surface area contributed by atoms with E-state index in [1.165, 1.54) is 6.42 Å². The van der Waals surface area contributed by atoms with Crippen LogP contribution in [-0.2, 0) is 9.53 Å². The molecule has 0 aliphatic heterocycles. The molecule has 0 aromatic rings. The summed E-state index contributed by atoms with van der Waals surface area (Å²) >= 11 is 0. The molecule has 16 heavy (non-hydrogen) atoms. The topological polar surface area (TPSA) is 52.3 Å². The molecule has 1 saturated carbocycles. The molecule has 0 spiro atoms. The third-order valence-electron chi connectivity index (χ3n) is 3.39. The summed E-state index contributed by atoms with van der Waals surface area (Å²) in [6.45, 7) is 7.76. The normalized spacial score (nSPS) is 31.2. The number of nitrogens with two attached hydrogens (primary N) is 1. The van der Waals surface area contributed by atoms with Gasteiger partial charge < -0.3 is 10.5 Å². The first-order valence-electron chi connectivity index (χ1n) is 6.32. The van der Waals surface area contributed by atoms with Crippen molar-refractivity contribution in [3.8, 4) is 0 Å². The smallest absolute Gasteiger partial charge is 0.326 e. The molecular weight excluding hydrogens is 202 g/mol. The zero-order valence-electron chi connectivity index (χ0n) is 11.0. The van der Waals surface area contributed by atoms with Crippen LogP contribution in [0.4, 0.5) is 0 Å². The Morgan fingerprint density at radius 1 is 1.44 bits per heavy atom. The summed E-state index contributed by atoms with van der Waals surface area (Å²) in [5.41, 5.74) is 5.10. The summed E-state index contributed by atoms with van der Waals surface area (Å²) in [5.74, 6) is 0.0580. The molecule has 0 aromatic heterocycles. The standard InChI is InChI=1S/C13H25NO2/c1-5-10-8-6-7-9-13(10,14)11(15)16-12(2,3)4/h10H,5-9,14H2,1-4H3/t10-,13-/m0/s1. The summed E-state index contributed by atoms with van der Waals surface area (Å²) in [4.78, 5) is 12.2. The van der Waals surface area contributed by atoms with Crippen molar-refractivity contribution in [3.63, 3.8) is 0 Å². The number of carbonyl (C=O) groups is 1. The van der Waals surface area contributed by atoms with E-state index < -0.39 is 11.1 Å². The monoisotopic (exact) mass is 227 g/mol. The van der Waals surface area contributed by atoms with Crippen LogP contribution in [0.15, 0.2) is 0 Å². The van der Waals surface area contributed by atoms with Crippen LogP contribution in [0.25, 0.3) is 0 Å². The summed E-state index contributed by atoms with van der Waals surface area (Å²) in [7, 11) is 0. The van der Waals surface area contributed by atoms with Crippen molar-refractivity contribution in [2.45, 2.75) is 70.9 Å². The van der Waals surface area contributed by atoms with Gasteiger partial charge in [0.05, 0.1) is 0 Å². The van der Waals surface area contributed by atoms with Crippen molar-refractivity contribution in [1.29, 1.82) is 0 Å². The molecule has 2 atom stereocenters. The Labute approximate surface area is 98.7 Å². The van der Waals surface area contributed by atoms with Gasteiger partial charge in [0.2, 0.25) is 0 Å². The van der Waals surface area contributed by atoms with Gasteiger partial charge in [-0.25, -0.2) is 0 Å². The summed E-state index contributed by atoms with van der Waals surface area (Å²) in [6, 6.07) is 0. The molecule has 0 unspecified atom stereocenters. The second-order valence-corrected chi connectivity index (χ2v) is 5.89. The first kappa shape index (κ1) is 13.5. The fraction of sp³-hybridized carbons (Fsp3) is 0.923. The van der Waals surface area contributed by atoms with Gasteiger partial charge in [-0.3, -0.25) is 4.79 Å². The lowest BCUT2D eigenvalue weighted by Crippen LogP contribution is -2.57. The van der Waals surface area contributed by atoms with Crippen LogP contribution in [0, 0.1) is 5.92 Å². The van der Waals surface area contributed by atoms with Crippen LogP contribution >= 0.6 is 0 Å². The highest BCUT2D eigenvalue weighted by atomic mass is 16.6.